The smallest absolute Gasteiger partial charge is 0.0894 e. The maximum Gasteiger partial charge on any atom is 0.0894 e. The summed E-state index contributed by atoms with van der Waals surface area (Å²) in [4.78, 5) is 0. The minimum Gasteiger partial charge on any atom is -0.326 e. The summed E-state index contributed by atoms with van der Waals surface area (Å²) in [7, 11) is 4.83. The van der Waals surface area contributed by atoms with Crippen LogP contribution in [0.15, 0.2) is 0 Å². The number of nitrogens with zero attached hydrogens (tertiary/aromatic N) is 1. The van der Waals surface area contributed by atoms with Gasteiger partial charge in [-0.2, -0.15) is 0 Å². The Morgan fingerprint density at radius 1 is 1.23 bits per heavy atom. The predicted molar refractivity (Wildman–Crippen MR) is 56.4 cm³/mol. The van der Waals surface area contributed by atoms with Crippen molar-refractivity contribution >= 4 is 0 Å². The second kappa shape index (κ2) is 2.50. The van der Waals surface area contributed by atoms with Crippen molar-refractivity contribution < 1.29 is 4.48 Å². The van der Waals surface area contributed by atoms with Crippen molar-refractivity contribution in [2.24, 2.45) is 17.3 Å². The number of likely N-dealkylation sites (tertiary alicyclic amines) is 1. The van der Waals surface area contributed by atoms with E-state index in [9.17, 15) is 0 Å². The lowest BCUT2D eigenvalue weighted by atomic mass is 9.75. The first-order valence-corrected chi connectivity index (χ1v) is 5.65. The first-order chi connectivity index (χ1) is 5.83. The zero-order chi connectivity index (χ0) is 9.85. The fraction of sp³-hybridized carbons (Fsp3) is 1.00. The van der Waals surface area contributed by atoms with Gasteiger partial charge in [0.2, 0.25) is 0 Å². The molecule has 1 aliphatic carbocycles. The average molecular weight is 182 g/mol. The second-order valence-electron chi connectivity index (χ2n) is 6.63. The van der Waals surface area contributed by atoms with E-state index in [0.29, 0.717) is 5.41 Å². The summed E-state index contributed by atoms with van der Waals surface area (Å²) in [5, 5.41) is 0. The number of piperidine rings is 1. The van der Waals surface area contributed by atoms with Crippen LogP contribution >= 0.6 is 0 Å². The van der Waals surface area contributed by atoms with Crippen LogP contribution in [0.25, 0.3) is 0 Å². The molecule has 0 radical (unpaired) electrons. The minimum absolute atomic E-state index is 0.607. The van der Waals surface area contributed by atoms with Gasteiger partial charge in [0.25, 0.3) is 0 Å². The van der Waals surface area contributed by atoms with Gasteiger partial charge in [-0.15, -0.1) is 0 Å². The van der Waals surface area contributed by atoms with Gasteiger partial charge in [0.1, 0.15) is 0 Å². The van der Waals surface area contributed by atoms with Crippen LogP contribution in [0.1, 0.15) is 33.6 Å². The van der Waals surface area contributed by atoms with Crippen molar-refractivity contribution in [2.75, 3.05) is 20.6 Å². The Morgan fingerprint density at radius 2 is 1.85 bits per heavy atom. The fourth-order valence-electron chi connectivity index (χ4n) is 4.01. The predicted octanol–water partition coefficient (Wildman–Crippen LogP) is 2.52. The molecule has 0 aromatic rings. The van der Waals surface area contributed by atoms with Gasteiger partial charge < -0.3 is 4.48 Å². The van der Waals surface area contributed by atoms with Crippen LogP contribution in [-0.4, -0.2) is 31.2 Å². The van der Waals surface area contributed by atoms with Crippen LogP contribution in [0, 0.1) is 17.3 Å². The molecule has 0 amide bonds. The summed E-state index contributed by atoms with van der Waals surface area (Å²) < 4.78 is 1.26. The van der Waals surface area contributed by atoms with Gasteiger partial charge in [-0.3, -0.25) is 0 Å². The van der Waals surface area contributed by atoms with Crippen molar-refractivity contribution in [1.29, 1.82) is 0 Å². The van der Waals surface area contributed by atoms with Gasteiger partial charge in [0.05, 0.1) is 26.7 Å². The van der Waals surface area contributed by atoms with Crippen molar-refractivity contribution in [2.45, 2.75) is 39.7 Å². The molecule has 0 aromatic carbocycles. The molecule has 2 aliphatic rings. The van der Waals surface area contributed by atoms with E-state index >= 15 is 0 Å². The SMILES string of the molecule is CC1C[N+](C)(C)C2CC1C(C)(C)C2. The second-order valence-corrected chi connectivity index (χ2v) is 6.63. The summed E-state index contributed by atoms with van der Waals surface area (Å²) in [5.74, 6) is 1.91. The standard InChI is InChI=1S/C12H24N/c1-9-8-13(4,5)10-6-11(9)12(2,3)7-10/h9-11H,6-8H2,1-5H3/q+1. The Balaban J connectivity index is 2.28. The van der Waals surface area contributed by atoms with E-state index in [4.69, 9.17) is 0 Å². The largest absolute Gasteiger partial charge is 0.326 e. The van der Waals surface area contributed by atoms with Crippen LogP contribution in [0.2, 0.25) is 0 Å². The number of hydrogen-bond acceptors (Lipinski definition) is 0. The first kappa shape index (κ1) is 9.51. The van der Waals surface area contributed by atoms with Crippen molar-refractivity contribution in [1.82, 2.24) is 0 Å². The molecule has 2 fully saturated rings. The molecule has 1 aliphatic heterocycles. The van der Waals surface area contributed by atoms with E-state index in [-0.39, 0.29) is 0 Å². The third-order valence-corrected chi connectivity index (χ3v) is 4.73. The molecule has 3 atom stereocenters. The summed E-state index contributed by atoms with van der Waals surface area (Å²) >= 11 is 0. The highest BCUT2D eigenvalue weighted by Crippen LogP contribution is 2.52. The fourth-order valence-corrected chi connectivity index (χ4v) is 4.01. The van der Waals surface area contributed by atoms with E-state index < -0.39 is 0 Å². The highest BCUT2D eigenvalue weighted by Gasteiger charge is 2.53. The Bertz CT molecular complexity index is 215. The summed E-state index contributed by atoms with van der Waals surface area (Å²) in [6.07, 6.45) is 2.91. The quantitative estimate of drug-likeness (QED) is 0.505. The molecule has 76 valence electrons. The Morgan fingerprint density at radius 3 is 2.46 bits per heavy atom. The van der Waals surface area contributed by atoms with Crippen LogP contribution in [0.3, 0.4) is 0 Å². The molecule has 1 heteroatoms. The molecule has 0 aromatic heterocycles. The van der Waals surface area contributed by atoms with Gasteiger partial charge in [-0.05, 0) is 11.3 Å². The van der Waals surface area contributed by atoms with Gasteiger partial charge in [-0.25, -0.2) is 0 Å². The molecule has 0 N–H and O–H groups in total. The molecule has 1 saturated carbocycles. The lowest BCUT2D eigenvalue weighted by Gasteiger charge is -2.43. The molecule has 3 unspecified atom stereocenters. The van der Waals surface area contributed by atoms with Crippen molar-refractivity contribution in [3.63, 3.8) is 0 Å². The van der Waals surface area contributed by atoms with E-state index in [2.05, 4.69) is 34.9 Å². The van der Waals surface area contributed by atoms with Gasteiger partial charge in [0, 0.05) is 18.8 Å². The van der Waals surface area contributed by atoms with E-state index in [0.717, 1.165) is 17.9 Å². The maximum absolute atomic E-state index is 2.47. The molecular weight excluding hydrogens is 158 g/mol. The molecule has 0 spiro atoms. The third kappa shape index (κ3) is 1.32. The van der Waals surface area contributed by atoms with E-state index in [1.165, 1.54) is 23.9 Å². The lowest BCUT2D eigenvalue weighted by Crippen LogP contribution is -2.53. The van der Waals surface area contributed by atoms with Gasteiger partial charge >= 0.3 is 0 Å². The Labute approximate surface area is 82.7 Å². The van der Waals surface area contributed by atoms with E-state index in [1.807, 2.05) is 0 Å². The highest BCUT2D eigenvalue weighted by molar-refractivity contribution is 4.95. The molecule has 13 heavy (non-hydrogen) atoms. The number of rotatable bonds is 0. The van der Waals surface area contributed by atoms with Crippen LogP contribution in [0.5, 0.6) is 0 Å². The lowest BCUT2D eigenvalue weighted by molar-refractivity contribution is -0.921. The van der Waals surface area contributed by atoms with Crippen LogP contribution in [-0.2, 0) is 0 Å². The van der Waals surface area contributed by atoms with Crippen LogP contribution in [0.4, 0.5) is 0 Å². The average Bonchev–Trinajstić information content (AvgIpc) is 2.20. The zero-order valence-electron chi connectivity index (χ0n) is 9.80. The molecule has 1 saturated heterocycles. The molecule has 1 nitrogen and oxygen atoms in total. The number of hydrogen-bond donors (Lipinski definition) is 0. The molecule has 2 bridgehead atoms. The van der Waals surface area contributed by atoms with Crippen LogP contribution < -0.4 is 0 Å². The Kier molecular flexibility index (Phi) is 1.83. The normalized spacial score (nSPS) is 46.4. The summed E-state index contributed by atoms with van der Waals surface area (Å²) in [6, 6.07) is 0.941. The monoisotopic (exact) mass is 182 g/mol. The number of quaternary nitrogens is 1. The third-order valence-electron chi connectivity index (χ3n) is 4.73. The van der Waals surface area contributed by atoms with Crippen molar-refractivity contribution in [3.05, 3.63) is 0 Å². The Hall–Kier alpha value is -0.0400. The number of fused-ring (bicyclic) bond motifs is 2. The van der Waals surface area contributed by atoms with Crippen molar-refractivity contribution in [3.8, 4) is 0 Å². The molecule has 1 heterocycles. The highest BCUT2D eigenvalue weighted by atomic mass is 15.3. The summed E-state index contributed by atoms with van der Waals surface area (Å²) in [6.45, 7) is 8.78. The topological polar surface area (TPSA) is 0 Å². The summed E-state index contributed by atoms with van der Waals surface area (Å²) in [5.41, 5.74) is 0.607. The molecular formula is C12H24N+. The minimum atomic E-state index is 0.607. The zero-order valence-corrected chi connectivity index (χ0v) is 9.80. The first-order valence-electron chi connectivity index (χ1n) is 5.65. The maximum atomic E-state index is 2.47. The molecule has 2 rings (SSSR count). The van der Waals surface area contributed by atoms with Gasteiger partial charge in [0.15, 0.2) is 0 Å². The van der Waals surface area contributed by atoms with E-state index in [1.54, 1.807) is 0 Å². The van der Waals surface area contributed by atoms with Gasteiger partial charge in [-0.1, -0.05) is 20.8 Å².